The van der Waals surface area contributed by atoms with Gasteiger partial charge in [0.05, 0.1) is 34.2 Å². The van der Waals surface area contributed by atoms with Crippen LogP contribution in [0.15, 0.2) is 59.8 Å². The van der Waals surface area contributed by atoms with Crippen LogP contribution in [-0.4, -0.2) is 36.4 Å². The zero-order chi connectivity index (χ0) is 25.0. The van der Waals surface area contributed by atoms with Crippen molar-refractivity contribution < 1.29 is 17.6 Å². The van der Waals surface area contributed by atoms with Crippen LogP contribution in [0.2, 0.25) is 0 Å². The van der Waals surface area contributed by atoms with Gasteiger partial charge in [0.1, 0.15) is 5.82 Å². The molecule has 2 unspecified atom stereocenters. The molecule has 1 saturated carbocycles. The van der Waals surface area contributed by atoms with Crippen LogP contribution in [0.25, 0.3) is 0 Å². The average Bonchev–Trinajstić information content (AvgIpc) is 2.83. The fourth-order valence-corrected chi connectivity index (χ4v) is 4.96. The minimum Gasteiger partial charge on any atom is -0.365 e. The van der Waals surface area contributed by atoms with E-state index in [9.17, 15) is 17.6 Å². The molecule has 12 heteroatoms. The normalized spacial score (nSPS) is 18.0. The first kappa shape index (κ1) is 24.4. The fraction of sp³-hybridized carbons (Fsp3) is 0.261. The Morgan fingerprint density at radius 1 is 1.03 bits per heavy atom. The van der Waals surface area contributed by atoms with E-state index in [2.05, 4.69) is 25.3 Å². The number of pyridine rings is 2. The number of carbonyl (C=O) groups is 1. The Bertz CT molecular complexity index is 1320. The van der Waals surface area contributed by atoms with Gasteiger partial charge in [0, 0.05) is 12.1 Å². The summed E-state index contributed by atoms with van der Waals surface area (Å²) in [5.74, 6) is -1.68. The van der Waals surface area contributed by atoms with Gasteiger partial charge >= 0.3 is 0 Å². The molecule has 184 valence electrons. The highest BCUT2D eigenvalue weighted by Crippen LogP contribution is 2.27. The summed E-state index contributed by atoms with van der Waals surface area (Å²) < 4.78 is 42.4. The van der Waals surface area contributed by atoms with E-state index in [1.165, 1.54) is 30.6 Å². The predicted octanol–water partition coefficient (Wildman–Crippen LogP) is 2.94. The van der Waals surface area contributed by atoms with E-state index in [0.717, 1.165) is 31.7 Å². The number of nitrogens with zero attached hydrogens (tertiary/aromatic N) is 2. The Morgan fingerprint density at radius 2 is 1.74 bits per heavy atom. The van der Waals surface area contributed by atoms with Crippen LogP contribution in [0, 0.1) is 5.82 Å². The number of carbonyl (C=O) groups excluding carboxylic acids is 1. The molecule has 1 aromatic carbocycles. The maximum Gasteiger partial charge on any atom is 0.261 e. The second-order valence-electron chi connectivity index (χ2n) is 8.28. The third-order valence-electron chi connectivity index (χ3n) is 5.69. The fourth-order valence-electron chi connectivity index (χ4n) is 3.90. The lowest BCUT2D eigenvalue weighted by Gasteiger charge is -2.30. The number of halogens is 1. The number of hydrogen-bond acceptors (Lipinski definition) is 8. The Hall–Kier alpha value is -3.77. The van der Waals surface area contributed by atoms with Crippen molar-refractivity contribution in [2.45, 2.75) is 42.7 Å². The molecule has 3 aromatic rings. The SMILES string of the molecule is NC(=O)c1cc(F)c(NC2CCCCC2N)nc1Nc1cncc(NS(=O)(=O)c2ccccc2)c1. The van der Waals surface area contributed by atoms with Gasteiger partial charge in [-0.25, -0.2) is 17.8 Å². The highest BCUT2D eigenvalue weighted by atomic mass is 32.2. The predicted molar refractivity (Wildman–Crippen MR) is 131 cm³/mol. The van der Waals surface area contributed by atoms with E-state index in [0.29, 0.717) is 5.69 Å². The number of nitrogens with two attached hydrogens (primary N) is 2. The quantitative estimate of drug-likeness (QED) is 0.315. The van der Waals surface area contributed by atoms with Gasteiger partial charge in [-0.3, -0.25) is 14.5 Å². The maximum atomic E-state index is 14.7. The molecular formula is C23H26FN7O3S. The third-order valence-corrected chi connectivity index (χ3v) is 7.09. The van der Waals surface area contributed by atoms with Gasteiger partial charge in [0.2, 0.25) is 0 Å². The molecule has 0 saturated heterocycles. The Kier molecular flexibility index (Phi) is 7.12. The second-order valence-corrected chi connectivity index (χ2v) is 9.97. The zero-order valence-electron chi connectivity index (χ0n) is 18.7. The molecule has 0 bridgehead atoms. The number of hydrogen-bond donors (Lipinski definition) is 5. The summed E-state index contributed by atoms with van der Waals surface area (Å²) in [6.07, 6.45) is 6.31. The molecule has 7 N–H and O–H groups in total. The van der Waals surface area contributed by atoms with Gasteiger partial charge in [0.15, 0.2) is 11.6 Å². The topological polar surface area (TPSA) is 165 Å². The maximum absolute atomic E-state index is 14.7. The van der Waals surface area contributed by atoms with Crippen molar-refractivity contribution >= 4 is 38.9 Å². The Labute approximate surface area is 202 Å². The molecule has 2 atom stereocenters. The van der Waals surface area contributed by atoms with Crippen molar-refractivity contribution in [2.24, 2.45) is 11.5 Å². The molecule has 1 aliphatic rings. The van der Waals surface area contributed by atoms with E-state index in [4.69, 9.17) is 11.5 Å². The molecule has 1 fully saturated rings. The molecule has 0 radical (unpaired) electrons. The van der Waals surface area contributed by atoms with Crippen LogP contribution in [0.4, 0.5) is 27.4 Å². The molecule has 4 rings (SSSR count). The molecule has 1 amide bonds. The number of sulfonamides is 1. The van der Waals surface area contributed by atoms with Crippen molar-refractivity contribution in [2.75, 3.05) is 15.4 Å². The zero-order valence-corrected chi connectivity index (χ0v) is 19.6. The number of primary amides is 1. The highest BCUT2D eigenvalue weighted by molar-refractivity contribution is 7.92. The summed E-state index contributed by atoms with van der Waals surface area (Å²) in [4.78, 5) is 20.3. The van der Waals surface area contributed by atoms with Gasteiger partial charge in [-0.2, -0.15) is 0 Å². The molecule has 10 nitrogen and oxygen atoms in total. The molecule has 0 aliphatic heterocycles. The smallest absolute Gasteiger partial charge is 0.261 e. The van der Waals surface area contributed by atoms with E-state index in [-0.39, 0.29) is 39.9 Å². The van der Waals surface area contributed by atoms with Gasteiger partial charge < -0.3 is 22.1 Å². The van der Waals surface area contributed by atoms with Crippen LogP contribution in [0.1, 0.15) is 36.0 Å². The summed E-state index contributed by atoms with van der Waals surface area (Å²) in [5.41, 5.74) is 11.9. The molecule has 2 aromatic heterocycles. The lowest BCUT2D eigenvalue weighted by atomic mass is 9.91. The number of anilines is 4. The van der Waals surface area contributed by atoms with E-state index < -0.39 is 21.7 Å². The van der Waals surface area contributed by atoms with Crippen LogP contribution >= 0.6 is 0 Å². The summed E-state index contributed by atoms with van der Waals surface area (Å²) >= 11 is 0. The van der Waals surface area contributed by atoms with E-state index in [1.807, 2.05) is 0 Å². The minimum absolute atomic E-state index is 0.00403. The van der Waals surface area contributed by atoms with Gasteiger partial charge in [-0.15, -0.1) is 0 Å². The molecule has 1 aliphatic carbocycles. The monoisotopic (exact) mass is 499 g/mol. The number of rotatable bonds is 8. The lowest BCUT2D eigenvalue weighted by molar-refractivity contribution is 0.100. The van der Waals surface area contributed by atoms with Crippen molar-refractivity contribution in [3.63, 3.8) is 0 Å². The van der Waals surface area contributed by atoms with Gasteiger partial charge in [-0.1, -0.05) is 31.0 Å². The van der Waals surface area contributed by atoms with Crippen LogP contribution < -0.4 is 26.8 Å². The third kappa shape index (κ3) is 5.84. The number of aromatic nitrogens is 2. The second kappa shape index (κ2) is 10.2. The Morgan fingerprint density at radius 3 is 2.46 bits per heavy atom. The van der Waals surface area contributed by atoms with Crippen molar-refractivity contribution in [1.82, 2.24) is 9.97 Å². The summed E-state index contributed by atoms with van der Waals surface area (Å²) in [6, 6.07) is 10.0. The van der Waals surface area contributed by atoms with E-state index in [1.54, 1.807) is 18.2 Å². The van der Waals surface area contributed by atoms with E-state index >= 15 is 0 Å². The minimum atomic E-state index is -3.84. The lowest BCUT2D eigenvalue weighted by Crippen LogP contribution is -2.43. The van der Waals surface area contributed by atoms with Crippen molar-refractivity contribution in [3.05, 3.63) is 66.2 Å². The molecule has 0 spiro atoms. The van der Waals surface area contributed by atoms with Crippen molar-refractivity contribution in [3.8, 4) is 0 Å². The number of benzene rings is 1. The van der Waals surface area contributed by atoms with Crippen molar-refractivity contribution in [1.29, 1.82) is 0 Å². The number of amides is 1. The standard InChI is InChI=1S/C23H26FN7O3S/c24-18-11-17(21(26)32)22(30-23(18)29-20-9-5-4-8-19(20)25)28-14-10-15(13-27-12-14)31-35(33,34)16-6-2-1-3-7-16/h1-3,6-7,10-13,19-20,31H,4-5,8-9,25H2,(H2,26,32)(H2,28,29,30). The summed E-state index contributed by atoms with van der Waals surface area (Å²) in [7, 11) is -3.84. The van der Waals surface area contributed by atoms with Crippen LogP contribution in [0.3, 0.4) is 0 Å². The van der Waals surface area contributed by atoms with Crippen LogP contribution in [-0.2, 0) is 10.0 Å². The largest absolute Gasteiger partial charge is 0.365 e. The first-order chi connectivity index (χ1) is 16.7. The number of nitrogens with one attached hydrogen (secondary N) is 3. The molecule has 2 heterocycles. The summed E-state index contributed by atoms with van der Waals surface area (Å²) in [6.45, 7) is 0. The first-order valence-corrected chi connectivity index (χ1v) is 12.5. The van der Waals surface area contributed by atoms with Gasteiger partial charge in [0.25, 0.3) is 15.9 Å². The van der Waals surface area contributed by atoms with Crippen LogP contribution in [0.5, 0.6) is 0 Å². The first-order valence-electron chi connectivity index (χ1n) is 11.1. The average molecular weight is 500 g/mol. The molecule has 35 heavy (non-hydrogen) atoms. The van der Waals surface area contributed by atoms with Gasteiger partial charge in [-0.05, 0) is 37.1 Å². The Balaban J connectivity index is 1.60. The highest BCUT2D eigenvalue weighted by Gasteiger charge is 2.24. The summed E-state index contributed by atoms with van der Waals surface area (Å²) in [5, 5.41) is 5.93. The molecular weight excluding hydrogens is 473 g/mol.